The number of aromatic nitrogens is 2. The standard InChI is InChI=1S/C18H27N7O6/c19-14(26)4-3-12(24-17(30)11-2-1-5-21-11)18(31)25-13(6-10-7-20-9-23-10)16(29)22-8-15(27)28/h7,9,11-13,21H,1-6,8H2,(H2,19,26)(H,20,23)(H,22,29)(H,24,30)(H,25,31)(H,27,28). The molecule has 4 amide bonds. The summed E-state index contributed by atoms with van der Waals surface area (Å²) in [6.07, 6.45) is 4.12. The van der Waals surface area contributed by atoms with Crippen molar-refractivity contribution in [1.29, 1.82) is 0 Å². The molecule has 0 aliphatic carbocycles. The van der Waals surface area contributed by atoms with Crippen LogP contribution in [0.4, 0.5) is 0 Å². The Hall–Kier alpha value is -3.48. The maximum Gasteiger partial charge on any atom is 0.322 e. The summed E-state index contributed by atoms with van der Waals surface area (Å²) in [7, 11) is 0. The van der Waals surface area contributed by atoms with Crippen molar-refractivity contribution >= 4 is 29.6 Å². The van der Waals surface area contributed by atoms with Gasteiger partial charge in [-0.15, -0.1) is 0 Å². The lowest BCUT2D eigenvalue weighted by atomic mass is 10.1. The van der Waals surface area contributed by atoms with Gasteiger partial charge in [-0.2, -0.15) is 0 Å². The molecule has 8 N–H and O–H groups in total. The summed E-state index contributed by atoms with van der Waals surface area (Å²) < 4.78 is 0. The van der Waals surface area contributed by atoms with E-state index in [1.54, 1.807) is 0 Å². The van der Waals surface area contributed by atoms with Gasteiger partial charge in [0.25, 0.3) is 0 Å². The number of amides is 4. The fourth-order valence-corrected chi connectivity index (χ4v) is 3.12. The molecule has 3 unspecified atom stereocenters. The first kappa shape index (κ1) is 23.8. The van der Waals surface area contributed by atoms with Gasteiger partial charge < -0.3 is 37.1 Å². The minimum Gasteiger partial charge on any atom is -0.480 e. The van der Waals surface area contributed by atoms with Crippen LogP contribution in [0.1, 0.15) is 31.4 Å². The van der Waals surface area contributed by atoms with Gasteiger partial charge in [0.1, 0.15) is 18.6 Å². The summed E-state index contributed by atoms with van der Waals surface area (Å²) in [5.74, 6) is -3.68. The molecule has 31 heavy (non-hydrogen) atoms. The van der Waals surface area contributed by atoms with Crippen LogP contribution >= 0.6 is 0 Å². The summed E-state index contributed by atoms with van der Waals surface area (Å²) in [4.78, 5) is 66.3. The molecule has 2 rings (SSSR count). The third-order valence-corrected chi connectivity index (χ3v) is 4.71. The Bertz CT molecular complexity index is 791. The van der Waals surface area contributed by atoms with Crippen molar-refractivity contribution < 1.29 is 29.1 Å². The minimum atomic E-state index is -1.24. The largest absolute Gasteiger partial charge is 0.480 e. The molecular formula is C18H27N7O6. The molecule has 13 heteroatoms. The highest BCUT2D eigenvalue weighted by Gasteiger charge is 2.30. The van der Waals surface area contributed by atoms with Crippen LogP contribution in [0.25, 0.3) is 0 Å². The zero-order chi connectivity index (χ0) is 22.8. The third kappa shape index (κ3) is 8.04. The monoisotopic (exact) mass is 437 g/mol. The van der Waals surface area contributed by atoms with E-state index in [1.807, 2.05) is 0 Å². The Morgan fingerprint density at radius 3 is 2.55 bits per heavy atom. The molecule has 0 saturated carbocycles. The van der Waals surface area contributed by atoms with Gasteiger partial charge in [-0.25, -0.2) is 4.98 Å². The third-order valence-electron chi connectivity index (χ3n) is 4.71. The van der Waals surface area contributed by atoms with Gasteiger partial charge in [0.05, 0.1) is 12.4 Å². The smallest absolute Gasteiger partial charge is 0.322 e. The van der Waals surface area contributed by atoms with Crippen molar-refractivity contribution in [3.63, 3.8) is 0 Å². The molecule has 13 nitrogen and oxygen atoms in total. The average molecular weight is 437 g/mol. The van der Waals surface area contributed by atoms with E-state index in [9.17, 15) is 24.0 Å². The second-order valence-electron chi connectivity index (χ2n) is 7.17. The van der Waals surface area contributed by atoms with E-state index in [-0.39, 0.29) is 25.2 Å². The maximum atomic E-state index is 12.9. The van der Waals surface area contributed by atoms with E-state index < -0.39 is 48.4 Å². The van der Waals surface area contributed by atoms with Gasteiger partial charge in [-0.1, -0.05) is 0 Å². The van der Waals surface area contributed by atoms with E-state index in [0.29, 0.717) is 18.7 Å². The van der Waals surface area contributed by atoms with Crippen molar-refractivity contribution in [3.8, 4) is 0 Å². The Morgan fingerprint density at radius 2 is 1.97 bits per heavy atom. The van der Waals surface area contributed by atoms with Crippen molar-refractivity contribution in [3.05, 3.63) is 18.2 Å². The maximum absolute atomic E-state index is 12.9. The molecule has 2 heterocycles. The highest BCUT2D eigenvalue weighted by atomic mass is 16.4. The first-order valence-electron chi connectivity index (χ1n) is 9.85. The first-order valence-corrected chi connectivity index (χ1v) is 9.85. The molecule has 0 bridgehead atoms. The van der Waals surface area contributed by atoms with Crippen molar-refractivity contribution in [2.75, 3.05) is 13.1 Å². The van der Waals surface area contributed by atoms with Gasteiger partial charge in [0.15, 0.2) is 0 Å². The predicted octanol–water partition coefficient (Wildman–Crippen LogP) is -2.86. The van der Waals surface area contributed by atoms with E-state index in [4.69, 9.17) is 10.8 Å². The zero-order valence-electron chi connectivity index (χ0n) is 16.8. The van der Waals surface area contributed by atoms with E-state index in [2.05, 4.69) is 31.2 Å². The van der Waals surface area contributed by atoms with Crippen molar-refractivity contribution in [1.82, 2.24) is 31.2 Å². The molecule has 0 aromatic carbocycles. The van der Waals surface area contributed by atoms with E-state index >= 15 is 0 Å². The van der Waals surface area contributed by atoms with Crippen LogP contribution in [-0.4, -0.2) is 75.9 Å². The quantitative estimate of drug-likeness (QED) is 0.180. The normalized spacial score (nSPS) is 17.4. The number of nitrogens with two attached hydrogens (primary N) is 1. The highest BCUT2D eigenvalue weighted by molar-refractivity contribution is 5.94. The first-order chi connectivity index (χ1) is 14.8. The number of H-pyrrole nitrogens is 1. The number of nitrogens with one attached hydrogen (secondary N) is 5. The lowest BCUT2D eigenvalue weighted by Gasteiger charge is -2.23. The van der Waals surface area contributed by atoms with Gasteiger partial charge in [0, 0.05) is 24.7 Å². The fraction of sp³-hybridized carbons (Fsp3) is 0.556. The number of nitrogens with zero attached hydrogens (tertiary/aromatic N) is 1. The number of carbonyl (C=O) groups excluding carboxylic acids is 4. The molecule has 170 valence electrons. The summed E-state index contributed by atoms with van der Waals surface area (Å²) in [6.45, 7) is 0.0651. The van der Waals surface area contributed by atoms with Crippen molar-refractivity contribution in [2.24, 2.45) is 5.73 Å². The molecule has 1 aromatic heterocycles. The molecule has 1 aromatic rings. The number of rotatable bonds is 12. The van der Waals surface area contributed by atoms with Crippen molar-refractivity contribution in [2.45, 2.75) is 50.2 Å². The molecule has 1 aliphatic heterocycles. The lowest BCUT2D eigenvalue weighted by Crippen LogP contribution is -2.56. The highest BCUT2D eigenvalue weighted by Crippen LogP contribution is 2.07. The molecule has 0 radical (unpaired) electrons. The summed E-state index contributed by atoms with van der Waals surface area (Å²) in [5.41, 5.74) is 5.71. The Kier molecular flexibility index (Phi) is 8.94. The molecule has 0 spiro atoms. The van der Waals surface area contributed by atoms with Crippen LogP contribution in [0.15, 0.2) is 12.5 Å². The number of hydrogen-bond donors (Lipinski definition) is 7. The number of hydrogen-bond acceptors (Lipinski definition) is 7. The molecule has 1 aliphatic rings. The van der Waals surface area contributed by atoms with Crippen LogP contribution < -0.4 is 27.0 Å². The Morgan fingerprint density at radius 1 is 1.19 bits per heavy atom. The van der Waals surface area contributed by atoms with Gasteiger partial charge >= 0.3 is 5.97 Å². The van der Waals surface area contributed by atoms with Crippen LogP contribution in [0, 0.1) is 0 Å². The molecule has 1 saturated heterocycles. The Balaban J connectivity index is 2.09. The fourth-order valence-electron chi connectivity index (χ4n) is 3.12. The minimum absolute atomic E-state index is 0.0118. The molecule has 3 atom stereocenters. The van der Waals surface area contributed by atoms with Gasteiger partial charge in [-0.3, -0.25) is 24.0 Å². The number of carbonyl (C=O) groups is 5. The topological polar surface area (TPSA) is 208 Å². The summed E-state index contributed by atoms with van der Waals surface area (Å²) in [6, 6.07) is -2.67. The average Bonchev–Trinajstić information content (AvgIpc) is 3.42. The summed E-state index contributed by atoms with van der Waals surface area (Å²) >= 11 is 0. The Labute approximate surface area is 177 Å². The van der Waals surface area contributed by atoms with Crippen LogP contribution in [0.5, 0.6) is 0 Å². The zero-order valence-corrected chi connectivity index (χ0v) is 16.8. The second kappa shape index (κ2) is 11.6. The van der Waals surface area contributed by atoms with E-state index in [1.165, 1.54) is 12.5 Å². The van der Waals surface area contributed by atoms with Gasteiger partial charge in [0.2, 0.25) is 23.6 Å². The number of aromatic amines is 1. The summed E-state index contributed by atoms with van der Waals surface area (Å²) in [5, 5.41) is 19.1. The number of imidazole rings is 1. The SMILES string of the molecule is NC(=O)CCC(NC(=O)C1CCCN1)C(=O)NC(Cc1cnc[nH]1)C(=O)NCC(=O)O. The lowest BCUT2D eigenvalue weighted by molar-refractivity contribution is -0.138. The van der Waals surface area contributed by atoms with Gasteiger partial charge in [-0.05, 0) is 25.8 Å². The predicted molar refractivity (Wildman–Crippen MR) is 106 cm³/mol. The number of aliphatic carboxylic acids is 1. The van der Waals surface area contributed by atoms with E-state index in [0.717, 1.165) is 6.42 Å². The number of carboxylic acids is 1. The van der Waals surface area contributed by atoms with Crippen LogP contribution in [0.2, 0.25) is 0 Å². The molecular weight excluding hydrogens is 410 g/mol. The number of primary amides is 1. The number of carboxylic acid groups (broad SMARTS) is 1. The van der Waals surface area contributed by atoms with Crippen LogP contribution in [0.3, 0.4) is 0 Å². The second-order valence-corrected chi connectivity index (χ2v) is 7.17. The molecule has 1 fully saturated rings. The van der Waals surface area contributed by atoms with Crippen LogP contribution in [-0.2, 0) is 30.4 Å².